The summed E-state index contributed by atoms with van der Waals surface area (Å²) in [6, 6.07) is 0.382. The maximum atomic E-state index is 10.5. The molecule has 1 N–H and O–H groups in total. The fourth-order valence-corrected chi connectivity index (χ4v) is 1.39. The van der Waals surface area contributed by atoms with Crippen molar-refractivity contribution in [3.63, 3.8) is 0 Å². The van der Waals surface area contributed by atoms with Crippen molar-refractivity contribution in [2.45, 2.75) is 45.1 Å². The van der Waals surface area contributed by atoms with E-state index in [4.69, 9.17) is 0 Å². The molecule has 0 unspecified atom stereocenters. The fraction of sp³-hybridized carbons (Fsp3) is 0.875. The van der Waals surface area contributed by atoms with Crippen LogP contribution in [0.25, 0.3) is 0 Å². The predicted octanol–water partition coefficient (Wildman–Crippen LogP) is 0.975. The highest BCUT2D eigenvalue weighted by atomic mass is 16.2. The van der Waals surface area contributed by atoms with E-state index in [-0.39, 0.29) is 5.91 Å². The van der Waals surface area contributed by atoms with Crippen molar-refractivity contribution in [1.82, 2.24) is 10.9 Å². The predicted molar refractivity (Wildman–Crippen MR) is 42.8 cm³/mol. The smallest absolute Gasteiger partial charge is 0.232 e. The van der Waals surface area contributed by atoms with Crippen LogP contribution in [0.3, 0.4) is 0 Å². The molecule has 1 fully saturated rings. The van der Waals surface area contributed by atoms with E-state index in [9.17, 15) is 4.79 Å². The van der Waals surface area contributed by atoms with E-state index in [1.807, 2.05) is 0 Å². The average molecular weight is 155 g/mol. The van der Waals surface area contributed by atoms with Gasteiger partial charge in [-0.3, -0.25) is 10.2 Å². The third-order valence-electron chi connectivity index (χ3n) is 1.98. The Kier molecular flexibility index (Phi) is 3.36. The molecular weight excluding hydrogens is 140 g/mol. The molecule has 0 aromatic rings. The highest BCUT2D eigenvalue weighted by Crippen LogP contribution is 2.17. The Balaban J connectivity index is 2.09. The van der Waals surface area contributed by atoms with Gasteiger partial charge in [-0.15, -0.1) is 5.43 Å². The monoisotopic (exact) mass is 155 g/mol. The van der Waals surface area contributed by atoms with Crippen LogP contribution in [0.4, 0.5) is 0 Å². The minimum atomic E-state index is -0.0597. The van der Waals surface area contributed by atoms with E-state index in [1.54, 1.807) is 0 Å². The topological polar surface area (TPSA) is 43.2 Å². The van der Waals surface area contributed by atoms with Gasteiger partial charge in [0.25, 0.3) is 0 Å². The molecule has 63 valence electrons. The molecule has 0 bridgehead atoms. The number of nitrogens with zero attached hydrogens (tertiary/aromatic N) is 1. The minimum absolute atomic E-state index is 0.0597. The molecule has 0 saturated heterocycles. The first-order valence-electron chi connectivity index (χ1n) is 4.25. The largest absolute Gasteiger partial charge is 0.274 e. The Hall–Kier alpha value is -0.570. The molecule has 3 nitrogen and oxygen atoms in total. The van der Waals surface area contributed by atoms with Crippen LogP contribution in [-0.2, 0) is 4.79 Å². The molecule has 0 aromatic heterocycles. The van der Waals surface area contributed by atoms with Crippen molar-refractivity contribution in [2.24, 2.45) is 0 Å². The molecule has 3 heteroatoms. The Morgan fingerprint density at radius 1 is 1.36 bits per heavy atom. The SMILES string of the molecule is CC(=O)N[N]C1CCCCC1. The summed E-state index contributed by atoms with van der Waals surface area (Å²) in [5, 5.41) is 0. The molecule has 11 heavy (non-hydrogen) atoms. The number of carbonyl (C=O) groups excluding carboxylic acids is 1. The first kappa shape index (κ1) is 8.53. The van der Waals surface area contributed by atoms with Crippen LogP contribution in [0.2, 0.25) is 0 Å². The third-order valence-corrected chi connectivity index (χ3v) is 1.98. The maximum Gasteiger partial charge on any atom is 0.232 e. The normalized spacial score (nSPS) is 19.7. The Morgan fingerprint density at radius 2 is 2.00 bits per heavy atom. The molecule has 1 rings (SSSR count). The zero-order valence-corrected chi connectivity index (χ0v) is 6.97. The number of rotatable bonds is 2. The Bertz CT molecular complexity index is 130. The number of hydrogen-bond donors (Lipinski definition) is 1. The van der Waals surface area contributed by atoms with E-state index in [0.717, 1.165) is 12.8 Å². The third kappa shape index (κ3) is 3.37. The first-order valence-corrected chi connectivity index (χ1v) is 4.25. The number of amides is 1. The van der Waals surface area contributed by atoms with E-state index in [0.29, 0.717) is 6.04 Å². The van der Waals surface area contributed by atoms with Crippen molar-refractivity contribution in [3.8, 4) is 0 Å². The van der Waals surface area contributed by atoms with Gasteiger partial charge in [-0.25, -0.2) is 0 Å². The second kappa shape index (κ2) is 4.34. The summed E-state index contributed by atoms with van der Waals surface area (Å²) in [5.41, 5.74) is 6.58. The number of nitrogens with one attached hydrogen (secondary N) is 1. The summed E-state index contributed by atoms with van der Waals surface area (Å²) < 4.78 is 0. The van der Waals surface area contributed by atoms with Crippen LogP contribution in [0.15, 0.2) is 0 Å². The van der Waals surface area contributed by atoms with Crippen LogP contribution >= 0.6 is 0 Å². The maximum absolute atomic E-state index is 10.5. The molecule has 1 aliphatic carbocycles. The molecule has 1 saturated carbocycles. The Morgan fingerprint density at radius 3 is 2.55 bits per heavy atom. The lowest BCUT2D eigenvalue weighted by molar-refractivity contribution is -0.120. The van der Waals surface area contributed by atoms with Crippen LogP contribution in [-0.4, -0.2) is 11.9 Å². The highest BCUT2D eigenvalue weighted by molar-refractivity contribution is 5.72. The van der Waals surface area contributed by atoms with E-state index in [2.05, 4.69) is 10.9 Å². The van der Waals surface area contributed by atoms with Gasteiger partial charge in [-0.1, -0.05) is 19.3 Å². The van der Waals surface area contributed by atoms with Gasteiger partial charge in [0.15, 0.2) is 0 Å². The summed E-state index contributed by atoms with van der Waals surface area (Å²) >= 11 is 0. The van der Waals surface area contributed by atoms with Crippen LogP contribution in [0.5, 0.6) is 0 Å². The fourth-order valence-electron chi connectivity index (χ4n) is 1.39. The van der Waals surface area contributed by atoms with Gasteiger partial charge in [0.1, 0.15) is 0 Å². The second-order valence-electron chi connectivity index (χ2n) is 3.09. The van der Waals surface area contributed by atoms with Crippen molar-refractivity contribution < 1.29 is 4.79 Å². The van der Waals surface area contributed by atoms with E-state index < -0.39 is 0 Å². The summed E-state index contributed by atoms with van der Waals surface area (Å²) in [6.45, 7) is 1.49. The Labute approximate surface area is 67.5 Å². The minimum Gasteiger partial charge on any atom is -0.274 e. The van der Waals surface area contributed by atoms with E-state index >= 15 is 0 Å². The summed E-state index contributed by atoms with van der Waals surface area (Å²) in [5.74, 6) is -0.0597. The van der Waals surface area contributed by atoms with Gasteiger partial charge in [-0.05, 0) is 12.8 Å². The van der Waals surface area contributed by atoms with Crippen LogP contribution in [0, 0.1) is 0 Å². The van der Waals surface area contributed by atoms with E-state index in [1.165, 1.54) is 26.2 Å². The van der Waals surface area contributed by atoms with Crippen LogP contribution < -0.4 is 10.9 Å². The standard InChI is InChI=1S/C8H15N2O/c1-7(11)9-10-8-5-3-2-4-6-8/h8H,2-6H2,1H3,(H,9,11). The van der Waals surface area contributed by atoms with Gasteiger partial charge in [0.05, 0.1) is 0 Å². The summed E-state index contributed by atoms with van der Waals surface area (Å²) in [4.78, 5) is 10.5. The first-order chi connectivity index (χ1) is 5.29. The molecule has 0 atom stereocenters. The van der Waals surface area contributed by atoms with Crippen molar-refractivity contribution in [3.05, 3.63) is 0 Å². The molecule has 1 radical (unpaired) electrons. The van der Waals surface area contributed by atoms with Crippen LogP contribution in [0.1, 0.15) is 39.0 Å². The molecule has 0 aliphatic heterocycles. The van der Waals surface area contributed by atoms with Crippen molar-refractivity contribution >= 4 is 5.91 Å². The lowest BCUT2D eigenvalue weighted by Gasteiger charge is -2.20. The van der Waals surface area contributed by atoms with Crippen molar-refractivity contribution in [1.29, 1.82) is 0 Å². The van der Waals surface area contributed by atoms with Gasteiger partial charge in [0.2, 0.25) is 5.91 Å². The molecule has 0 spiro atoms. The molecule has 0 aromatic carbocycles. The lowest BCUT2D eigenvalue weighted by Crippen LogP contribution is -2.37. The molecule has 0 heterocycles. The molecular formula is C8H15N2O. The van der Waals surface area contributed by atoms with Gasteiger partial charge in [0, 0.05) is 13.0 Å². The average Bonchev–Trinajstić information content (AvgIpc) is 2.03. The molecule has 1 aliphatic rings. The second-order valence-corrected chi connectivity index (χ2v) is 3.09. The number of hydrogen-bond acceptors (Lipinski definition) is 1. The summed E-state index contributed by atoms with van der Waals surface area (Å²) in [7, 11) is 0. The van der Waals surface area contributed by atoms with Gasteiger partial charge >= 0.3 is 0 Å². The lowest BCUT2D eigenvalue weighted by atomic mass is 9.96. The highest BCUT2D eigenvalue weighted by Gasteiger charge is 2.13. The van der Waals surface area contributed by atoms with Crippen molar-refractivity contribution in [2.75, 3.05) is 0 Å². The zero-order valence-electron chi connectivity index (χ0n) is 6.97. The zero-order chi connectivity index (χ0) is 8.10. The summed E-state index contributed by atoms with van der Waals surface area (Å²) in [6.07, 6.45) is 6.12. The van der Waals surface area contributed by atoms with Gasteiger partial charge in [-0.2, -0.15) is 0 Å². The van der Waals surface area contributed by atoms with Gasteiger partial charge < -0.3 is 0 Å². The number of carbonyl (C=O) groups is 1. The quantitative estimate of drug-likeness (QED) is 0.593. The molecule has 1 amide bonds.